The summed E-state index contributed by atoms with van der Waals surface area (Å²) >= 11 is 0. The first-order valence-electron chi connectivity index (χ1n) is 5.71. The van der Waals surface area contributed by atoms with Crippen LogP contribution in [0.15, 0.2) is 24.5 Å². The van der Waals surface area contributed by atoms with Crippen LogP contribution in [0.25, 0.3) is 0 Å². The van der Waals surface area contributed by atoms with Crippen molar-refractivity contribution in [2.24, 2.45) is 7.05 Å². The fourth-order valence-electron chi connectivity index (χ4n) is 1.62. The molecular formula is C12H15N5O. The molecule has 2 aromatic rings. The smallest absolute Gasteiger partial charge is 0.227 e. The summed E-state index contributed by atoms with van der Waals surface area (Å²) in [6, 6.07) is 3.81. The van der Waals surface area contributed by atoms with Crippen molar-refractivity contribution in [1.82, 2.24) is 19.7 Å². The van der Waals surface area contributed by atoms with Crippen LogP contribution in [-0.2, 0) is 18.3 Å². The molecule has 0 aromatic carbocycles. The maximum Gasteiger partial charge on any atom is 0.227 e. The first-order valence-corrected chi connectivity index (χ1v) is 5.71. The Morgan fingerprint density at radius 1 is 1.39 bits per heavy atom. The van der Waals surface area contributed by atoms with Crippen molar-refractivity contribution in [2.75, 3.05) is 5.32 Å². The van der Waals surface area contributed by atoms with E-state index < -0.39 is 0 Å². The van der Waals surface area contributed by atoms with Gasteiger partial charge in [-0.1, -0.05) is 0 Å². The number of hydrogen-bond acceptors (Lipinski definition) is 4. The molecule has 0 radical (unpaired) electrons. The minimum absolute atomic E-state index is 0.0673. The molecule has 1 amide bonds. The fraction of sp³-hybridized carbons (Fsp3) is 0.333. The summed E-state index contributed by atoms with van der Waals surface area (Å²) in [5.74, 6) is 1.05. The molecule has 6 nitrogen and oxygen atoms in total. The minimum atomic E-state index is -0.0673. The lowest BCUT2D eigenvalue weighted by Crippen LogP contribution is -2.15. The van der Waals surface area contributed by atoms with Crippen molar-refractivity contribution < 1.29 is 4.79 Å². The van der Waals surface area contributed by atoms with E-state index in [4.69, 9.17) is 0 Å². The number of anilines is 1. The third-order valence-corrected chi connectivity index (χ3v) is 2.51. The van der Waals surface area contributed by atoms with Gasteiger partial charge in [0.15, 0.2) is 0 Å². The largest absolute Gasteiger partial charge is 0.295 e. The highest BCUT2D eigenvalue weighted by Gasteiger charge is 2.08. The summed E-state index contributed by atoms with van der Waals surface area (Å²) in [4.78, 5) is 19.8. The van der Waals surface area contributed by atoms with Crippen LogP contribution in [-0.4, -0.2) is 25.7 Å². The molecule has 0 spiro atoms. The Morgan fingerprint density at radius 2 is 2.11 bits per heavy atom. The lowest BCUT2D eigenvalue weighted by Gasteiger charge is -2.03. The summed E-state index contributed by atoms with van der Waals surface area (Å²) in [7, 11) is 1.75. The molecule has 18 heavy (non-hydrogen) atoms. The van der Waals surface area contributed by atoms with Gasteiger partial charge in [-0.2, -0.15) is 10.1 Å². The Kier molecular flexibility index (Phi) is 3.66. The van der Waals surface area contributed by atoms with Crippen LogP contribution in [0.1, 0.15) is 17.8 Å². The number of carbonyl (C=O) groups excluding carboxylic acids is 1. The van der Waals surface area contributed by atoms with Crippen LogP contribution in [0, 0.1) is 6.92 Å². The third-order valence-electron chi connectivity index (χ3n) is 2.51. The van der Waals surface area contributed by atoms with E-state index in [1.165, 1.54) is 0 Å². The molecule has 94 valence electrons. The molecule has 0 bridgehead atoms. The number of aromatic nitrogens is 4. The number of amides is 1. The Bertz CT molecular complexity index is 535. The van der Waals surface area contributed by atoms with Crippen molar-refractivity contribution in [2.45, 2.75) is 19.8 Å². The number of hydrogen-bond donors (Lipinski definition) is 1. The lowest BCUT2D eigenvalue weighted by molar-refractivity contribution is -0.116. The summed E-state index contributed by atoms with van der Waals surface area (Å²) in [6.07, 6.45) is 4.54. The van der Waals surface area contributed by atoms with Crippen molar-refractivity contribution in [3.05, 3.63) is 35.9 Å². The Balaban J connectivity index is 1.88. The highest BCUT2D eigenvalue weighted by Crippen LogP contribution is 2.05. The van der Waals surface area contributed by atoms with Gasteiger partial charge < -0.3 is 0 Å². The van der Waals surface area contributed by atoms with E-state index in [1.54, 1.807) is 31.0 Å². The zero-order chi connectivity index (χ0) is 13.0. The van der Waals surface area contributed by atoms with Crippen LogP contribution in [0.3, 0.4) is 0 Å². The number of nitrogens with zero attached hydrogens (tertiary/aromatic N) is 4. The van der Waals surface area contributed by atoms with Gasteiger partial charge in [-0.3, -0.25) is 15.1 Å². The molecule has 1 N–H and O–H groups in total. The highest BCUT2D eigenvalue weighted by molar-refractivity contribution is 5.89. The van der Waals surface area contributed by atoms with Crippen LogP contribution in [0.4, 0.5) is 5.95 Å². The van der Waals surface area contributed by atoms with Crippen LogP contribution < -0.4 is 5.32 Å². The molecule has 0 aliphatic heterocycles. The van der Waals surface area contributed by atoms with Crippen molar-refractivity contribution >= 4 is 11.9 Å². The second kappa shape index (κ2) is 5.39. The average molecular weight is 245 g/mol. The van der Waals surface area contributed by atoms with Gasteiger partial charge in [0, 0.05) is 25.9 Å². The molecular weight excluding hydrogens is 230 g/mol. The van der Waals surface area contributed by atoms with E-state index in [1.807, 2.05) is 12.1 Å². The average Bonchev–Trinajstić information content (AvgIpc) is 2.67. The number of nitrogens with one attached hydrogen (secondary N) is 1. The molecule has 2 aromatic heterocycles. The maximum absolute atomic E-state index is 11.7. The van der Waals surface area contributed by atoms with Crippen molar-refractivity contribution in [1.29, 1.82) is 0 Å². The second-order valence-corrected chi connectivity index (χ2v) is 4.01. The zero-order valence-electron chi connectivity index (χ0n) is 10.4. The molecule has 0 fully saturated rings. The zero-order valence-corrected chi connectivity index (χ0v) is 10.4. The van der Waals surface area contributed by atoms with Crippen LogP contribution in [0.2, 0.25) is 0 Å². The summed E-state index contributed by atoms with van der Waals surface area (Å²) in [6.45, 7) is 1.78. The molecule has 0 aliphatic rings. The van der Waals surface area contributed by atoms with Crippen molar-refractivity contribution in [3.63, 3.8) is 0 Å². The molecule has 0 atom stereocenters. The van der Waals surface area contributed by atoms with E-state index >= 15 is 0 Å². The topological polar surface area (TPSA) is 72.7 Å². The SMILES string of the molecule is Cc1nc(NC(=O)CCc2ccncc2)n(C)n1. The van der Waals surface area contributed by atoms with Crippen LogP contribution in [0.5, 0.6) is 0 Å². The Labute approximate surface area is 105 Å². The van der Waals surface area contributed by atoms with Gasteiger partial charge in [0.2, 0.25) is 11.9 Å². The Hall–Kier alpha value is -2.24. The first kappa shape index (κ1) is 12.2. The number of rotatable bonds is 4. The fourth-order valence-corrected chi connectivity index (χ4v) is 1.62. The van der Waals surface area contributed by atoms with Crippen LogP contribution >= 0.6 is 0 Å². The van der Waals surface area contributed by atoms with E-state index in [2.05, 4.69) is 20.4 Å². The molecule has 2 heterocycles. The van der Waals surface area contributed by atoms with Gasteiger partial charge in [0.05, 0.1) is 0 Å². The van der Waals surface area contributed by atoms with Crippen molar-refractivity contribution in [3.8, 4) is 0 Å². The number of carbonyl (C=O) groups is 1. The second-order valence-electron chi connectivity index (χ2n) is 4.01. The number of pyridine rings is 1. The molecule has 0 unspecified atom stereocenters. The van der Waals surface area contributed by atoms with E-state index in [-0.39, 0.29) is 5.91 Å². The quantitative estimate of drug-likeness (QED) is 0.875. The third kappa shape index (κ3) is 3.13. The van der Waals surface area contributed by atoms with E-state index in [0.717, 1.165) is 5.56 Å². The predicted molar refractivity (Wildman–Crippen MR) is 66.9 cm³/mol. The molecule has 2 rings (SSSR count). The molecule has 0 saturated heterocycles. The molecule has 0 saturated carbocycles. The molecule has 0 aliphatic carbocycles. The lowest BCUT2D eigenvalue weighted by atomic mass is 10.1. The highest BCUT2D eigenvalue weighted by atomic mass is 16.1. The monoisotopic (exact) mass is 245 g/mol. The van der Waals surface area contributed by atoms with E-state index in [0.29, 0.717) is 24.6 Å². The summed E-state index contributed by atoms with van der Waals surface area (Å²) in [5, 5.41) is 6.80. The standard InChI is InChI=1S/C12H15N5O/c1-9-14-12(17(2)16-9)15-11(18)4-3-10-5-7-13-8-6-10/h5-8H,3-4H2,1-2H3,(H,14,15,16,18). The first-order chi connectivity index (χ1) is 8.65. The summed E-state index contributed by atoms with van der Waals surface area (Å²) in [5.41, 5.74) is 1.09. The van der Waals surface area contributed by atoms with Gasteiger partial charge in [0.1, 0.15) is 5.82 Å². The maximum atomic E-state index is 11.7. The van der Waals surface area contributed by atoms with Gasteiger partial charge in [0.25, 0.3) is 0 Å². The Morgan fingerprint density at radius 3 is 2.72 bits per heavy atom. The number of aryl methyl sites for hydroxylation is 3. The molecule has 6 heteroatoms. The van der Waals surface area contributed by atoms with Gasteiger partial charge in [-0.15, -0.1) is 0 Å². The van der Waals surface area contributed by atoms with Gasteiger partial charge in [-0.25, -0.2) is 4.68 Å². The van der Waals surface area contributed by atoms with Gasteiger partial charge >= 0.3 is 0 Å². The minimum Gasteiger partial charge on any atom is -0.295 e. The summed E-state index contributed by atoms with van der Waals surface area (Å²) < 4.78 is 1.56. The van der Waals surface area contributed by atoms with E-state index in [9.17, 15) is 4.79 Å². The predicted octanol–water partition coefficient (Wildman–Crippen LogP) is 1.09. The normalized spacial score (nSPS) is 10.3. The van der Waals surface area contributed by atoms with Gasteiger partial charge in [-0.05, 0) is 31.0 Å².